The van der Waals surface area contributed by atoms with Crippen molar-refractivity contribution in [2.24, 2.45) is 0 Å². The number of carbonyl (C=O) groups is 2. The van der Waals surface area contributed by atoms with Gasteiger partial charge in [0.2, 0.25) is 11.8 Å². The lowest BCUT2D eigenvalue weighted by atomic mass is 10.1. The summed E-state index contributed by atoms with van der Waals surface area (Å²) in [5, 5.41) is 5.60. The molecule has 0 saturated carbocycles. The van der Waals surface area contributed by atoms with Gasteiger partial charge in [-0.1, -0.05) is 17.7 Å². The maximum Gasteiger partial charge on any atom is 0.244 e. The SMILES string of the molecule is CC(=O)Nc1cccc(C(C)NC(=O)C=C(C)C)c1. The molecule has 0 bridgehead atoms. The Morgan fingerprint density at radius 1 is 1.21 bits per heavy atom. The summed E-state index contributed by atoms with van der Waals surface area (Å²) in [6.07, 6.45) is 1.56. The molecule has 0 aromatic heterocycles. The maximum atomic E-state index is 11.6. The average Bonchev–Trinajstić information content (AvgIpc) is 2.27. The first-order valence-corrected chi connectivity index (χ1v) is 6.21. The molecule has 0 aliphatic carbocycles. The second-order valence-electron chi connectivity index (χ2n) is 4.76. The fourth-order valence-corrected chi connectivity index (χ4v) is 1.69. The highest BCUT2D eigenvalue weighted by atomic mass is 16.2. The standard InChI is InChI=1S/C15H20N2O2/c1-10(2)8-15(19)16-11(3)13-6-5-7-14(9-13)17-12(4)18/h5-9,11H,1-4H3,(H,16,19)(H,17,18). The van der Waals surface area contributed by atoms with E-state index in [1.807, 2.05) is 45.0 Å². The molecule has 1 aromatic rings. The third-order valence-corrected chi connectivity index (χ3v) is 2.49. The minimum atomic E-state index is -0.114. The molecule has 0 spiro atoms. The number of allylic oxidation sites excluding steroid dienone is 1. The summed E-state index contributed by atoms with van der Waals surface area (Å²) in [5.74, 6) is -0.226. The second kappa shape index (κ2) is 6.73. The Morgan fingerprint density at radius 2 is 1.89 bits per heavy atom. The molecule has 2 N–H and O–H groups in total. The number of anilines is 1. The number of hydrogen-bond donors (Lipinski definition) is 2. The van der Waals surface area contributed by atoms with Crippen LogP contribution in [0.25, 0.3) is 0 Å². The van der Waals surface area contributed by atoms with Gasteiger partial charge in [-0.2, -0.15) is 0 Å². The van der Waals surface area contributed by atoms with Gasteiger partial charge < -0.3 is 10.6 Å². The molecule has 1 rings (SSSR count). The van der Waals surface area contributed by atoms with E-state index in [1.54, 1.807) is 6.08 Å². The van der Waals surface area contributed by atoms with Crippen LogP contribution in [0.4, 0.5) is 5.69 Å². The summed E-state index contributed by atoms with van der Waals surface area (Å²) in [6, 6.07) is 7.32. The maximum absolute atomic E-state index is 11.6. The van der Waals surface area contributed by atoms with Gasteiger partial charge in [-0.3, -0.25) is 9.59 Å². The molecular formula is C15H20N2O2. The highest BCUT2D eigenvalue weighted by molar-refractivity contribution is 5.89. The number of carbonyl (C=O) groups excluding carboxylic acids is 2. The Labute approximate surface area is 113 Å². The fraction of sp³-hybridized carbons (Fsp3) is 0.333. The quantitative estimate of drug-likeness (QED) is 0.818. The Hall–Kier alpha value is -2.10. The lowest BCUT2D eigenvalue weighted by Gasteiger charge is -2.14. The molecule has 4 heteroatoms. The van der Waals surface area contributed by atoms with E-state index in [2.05, 4.69) is 10.6 Å². The molecular weight excluding hydrogens is 240 g/mol. The van der Waals surface area contributed by atoms with E-state index in [9.17, 15) is 9.59 Å². The summed E-state index contributed by atoms with van der Waals surface area (Å²) in [6.45, 7) is 7.12. The van der Waals surface area contributed by atoms with Crippen molar-refractivity contribution in [3.8, 4) is 0 Å². The largest absolute Gasteiger partial charge is 0.346 e. The Bertz CT molecular complexity index is 503. The van der Waals surface area contributed by atoms with Crippen LogP contribution >= 0.6 is 0 Å². The van der Waals surface area contributed by atoms with Crippen LogP contribution in [0.1, 0.15) is 39.3 Å². The van der Waals surface area contributed by atoms with Crippen LogP contribution in [0, 0.1) is 0 Å². The molecule has 2 amide bonds. The Morgan fingerprint density at radius 3 is 2.47 bits per heavy atom. The average molecular weight is 260 g/mol. The summed E-state index contributed by atoms with van der Waals surface area (Å²) < 4.78 is 0. The number of nitrogens with one attached hydrogen (secondary N) is 2. The molecule has 0 fully saturated rings. The van der Waals surface area contributed by atoms with E-state index < -0.39 is 0 Å². The number of rotatable bonds is 4. The summed E-state index contributed by atoms with van der Waals surface area (Å²) in [7, 11) is 0. The van der Waals surface area contributed by atoms with E-state index in [0.29, 0.717) is 0 Å². The summed E-state index contributed by atoms with van der Waals surface area (Å²) >= 11 is 0. The number of benzene rings is 1. The van der Waals surface area contributed by atoms with Crippen LogP contribution in [0.3, 0.4) is 0 Å². The van der Waals surface area contributed by atoms with E-state index in [4.69, 9.17) is 0 Å². The Kier molecular flexibility index (Phi) is 5.30. The van der Waals surface area contributed by atoms with E-state index in [0.717, 1.165) is 16.8 Å². The van der Waals surface area contributed by atoms with Crippen molar-refractivity contribution in [1.82, 2.24) is 5.32 Å². The second-order valence-corrected chi connectivity index (χ2v) is 4.76. The van der Waals surface area contributed by atoms with Gasteiger partial charge in [0.15, 0.2) is 0 Å². The smallest absolute Gasteiger partial charge is 0.244 e. The molecule has 0 radical (unpaired) electrons. The van der Waals surface area contributed by atoms with Crippen LogP contribution in [0.2, 0.25) is 0 Å². The Balaban J connectivity index is 2.76. The first-order valence-electron chi connectivity index (χ1n) is 6.21. The lowest BCUT2D eigenvalue weighted by molar-refractivity contribution is -0.117. The van der Waals surface area contributed by atoms with Crippen LogP contribution in [0.5, 0.6) is 0 Å². The van der Waals surface area contributed by atoms with Crippen LogP contribution in [-0.4, -0.2) is 11.8 Å². The van der Waals surface area contributed by atoms with Crippen molar-refractivity contribution < 1.29 is 9.59 Å². The molecule has 1 atom stereocenters. The van der Waals surface area contributed by atoms with Gasteiger partial charge in [-0.25, -0.2) is 0 Å². The molecule has 1 unspecified atom stereocenters. The van der Waals surface area contributed by atoms with Crippen LogP contribution in [-0.2, 0) is 9.59 Å². The predicted molar refractivity (Wildman–Crippen MR) is 76.7 cm³/mol. The summed E-state index contributed by atoms with van der Waals surface area (Å²) in [5.41, 5.74) is 2.63. The summed E-state index contributed by atoms with van der Waals surface area (Å²) in [4.78, 5) is 22.6. The van der Waals surface area contributed by atoms with Gasteiger partial charge in [0, 0.05) is 18.7 Å². The van der Waals surface area contributed by atoms with Crippen molar-refractivity contribution in [3.05, 3.63) is 41.5 Å². The van der Waals surface area contributed by atoms with Gasteiger partial charge in [-0.05, 0) is 38.5 Å². The molecule has 19 heavy (non-hydrogen) atoms. The molecule has 0 heterocycles. The van der Waals surface area contributed by atoms with Gasteiger partial charge in [0.25, 0.3) is 0 Å². The van der Waals surface area contributed by atoms with Crippen molar-refractivity contribution in [2.45, 2.75) is 33.7 Å². The van der Waals surface area contributed by atoms with Gasteiger partial charge >= 0.3 is 0 Å². The van der Waals surface area contributed by atoms with Gasteiger partial charge in [0.05, 0.1) is 6.04 Å². The van der Waals surface area contributed by atoms with Crippen molar-refractivity contribution >= 4 is 17.5 Å². The molecule has 0 aliphatic heterocycles. The number of hydrogen-bond acceptors (Lipinski definition) is 2. The molecule has 0 aliphatic rings. The first-order chi connectivity index (χ1) is 8.88. The molecule has 4 nitrogen and oxygen atoms in total. The van der Waals surface area contributed by atoms with Crippen molar-refractivity contribution in [3.63, 3.8) is 0 Å². The van der Waals surface area contributed by atoms with E-state index in [1.165, 1.54) is 6.92 Å². The fourth-order valence-electron chi connectivity index (χ4n) is 1.69. The lowest BCUT2D eigenvalue weighted by Crippen LogP contribution is -2.25. The minimum absolute atomic E-state index is 0.113. The number of amides is 2. The van der Waals surface area contributed by atoms with Crippen LogP contribution in [0.15, 0.2) is 35.9 Å². The topological polar surface area (TPSA) is 58.2 Å². The minimum Gasteiger partial charge on any atom is -0.346 e. The zero-order valence-electron chi connectivity index (χ0n) is 11.8. The van der Waals surface area contributed by atoms with Crippen LogP contribution < -0.4 is 10.6 Å². The zero-order chi connectivity index (χ0) is 14.4. The van der Waals surface area contributed by atoms with Crippen molar-refractivity contribution in [1.29, 1.82) is 0 Å². The monoisotopic (exact) mass is 260 g/mol. The normalized spacial score (nSPS) is 11.4. The molecule has 0 saturated heterocycles. The highest BCUT2D eigenvalue weighted by Gasteiger charge is 2.08. The van der Waals surface area contributed by atoms with Gasteiger partial charge in [0.1, 0.15) is 0 Å². The molecule has 1 aromatic carbocycles. The predicted octanol–water partition coefficient (Wildman–Crippen LogP) is 2.79. The third kappa shape index (κ3) is 5.38. The van der Waals surface area contributed by atoms with Gasteiger partial charge in [-0.15, -0.1) is 0 Å². The highest BCUT2D eigenvalue weighted by Crippen LogP contribution is 2.17. The van der Waals surface area contributed by atoms with E-state index in [-0.39, 0.29) is 17.9 Å². The first kappa shape index (κ1) is 15.0. The van der Waals surface area contributed by atoms with E-state index >= 15 is 0 Å². The third-order valence-electron chi connectivity index (χ3n) is 2.49. The zero-order valence-corrected chi connectivity index (χ0v) is 11.8. The molecule has 102 valence electrons. The van der Waals surface area contributed by atoms with Crippen molar-refractivity contribution in [2.75, 3.05) is 5.32 Å².